The Balaban J connectivity index is 0.00000341. The largest absolute Gasteiger partial charge is 0.497 e. The number of ether oxygens (including phenoxy) is 1. The van der Waals surface area contributed by atoms with E-state index in [1.807, 2.05) is 24.3 Å². The average molecular weight is 562 g/mol. The highest BCUT2D eigenvalue weighted by Crippen LogP contribution is 2.20. The molecule has 1 aliphatic heterocycles. The van der Waals surface area contributed by atoms with Crippen LogP contribution in [-0.4, -0.2) is 71.9 Å². The zero-order valence-corrected chi connectivity index (χ0v) is 20.8. The van der Waals surface area contributed by atoms with Crippen LogP contribution in [-0.2, 0) is 9.84 Å². The van der Waals surface area contributed by atoms with Crippen molar-refractivity contribution in [2.75, 3.05) is 57.5 Å². The molecule has 1 fully saturated rings. The summed E-state index contributed by atoms with van der Waals surface area (Å²) in [5, 5.41) is 3.09. The molecule has 170 valence electrons. The molecule has 0 aliphatic carbocycles. The van der Waals surface area contributed by atoms with Crippen molar-refractivity contribution in [1.82, 2.24) is 10.2 Å². The van der Waals surface area contributed by atoms with Gasteiger partial charge in [-0.3, -0.25) is 4.99 Å². The van der Waals surface area contributed by atoms with Gasteiger partial charge in [0.1, 0.15) is 16.5 Å². The lowest BCUT2D eigenvalue weighted by Gasteiger charge is -2.37. The van der Waals surface area contributed by atoms with E-state index in [0.717, 1.165) is 43.7 Å². The number of hydrogen-bond donors (Lipinski definition) is 1. The lowest BCUT2D eigenvalue weighted by Crippen LogP contribution is -2.53. The van der Waals surface area contributed by atoms with Crippen LogP contribution in [0.4, 0.5) is 10.1 Å². The summed E-state index contributed by atoms with van der Waals surface area (Å²) >= 11 is 0. The lowest BCUT2D eigenvalue weighted by molar-refractivity contribution is 0.373. The molecule has 0 aromatic heterocycles. The highest BCUT2D eigenvalue weighted by atomic mass is 127. The second-order valence-electron chi connectivity index (χ2n) is 6.90. The first kappa shape index (κ1) is 25.2. The van der Waals surface area contributed by atoms with Crippen LogP contribution in [0, 0.1) is 5.82 Å². The minimum Gasteiger partial charge on any atom is -0.497 e. The Hall–Kier alpha value is -2.08. The third kappa shape index (κ3) is 6.45. The maximum absolute atomic E-state index is 13.8. The summed E-state index contributed by atoms with van der Waals surface area (Å²) in [4.78, 5) is 8.38. The van der Waals surface area contributed by atoms with Crippen LogP contribution >= 0.6 is 24.0 Å². The van der Waals surface area contributed by atoms with Crippen LogP contribution < -0.4 is 15.0 Å². The number of anilines is 1. The molecule has 0 atom stereocenters. The second kappa shape index (κ2) is 11.5. The second-order valence-corrected chi connectivity index (χ2v) is 8.97. The van der Waals surface area contributed by atoms with Crippen LogP contribution in [0.2, 0.25) is 0 Å². The molecule has 0 spiro atoms. The van der Waals surface area contributed by atoms with Gasteiger partial charge in [-0.05, 0) is 36.4 Å². The predicted octanol–water partition coefficient (Wildman–Crippen LogP) is 2.62. The van der Waals surface area contributed by atoms with E-state index in [2.05, 4.69) is 20.1 Å². The van der Waals surface area contributed by atoms with E-state index >= 15 is 0 Å². The van der Waals surface area contributed by atoms with Crippen LogP contribution in [0.3, 0.4) is 0 Å². The van der Waals surface area contributed by atoms with Crippen LogP contribution in [0.1, 0.15) is 0 Å². The quantitative estimate of drug-likeness (QED) is 0.332. The van der Waals surface area contributed by atoms with E-state index in [1.165, 1.54) is 18.2 Å². The number of guanidine groups is 1. The van der Waals surface area contributed by atoms with Crippen molar-refractivity contribution in [3.63, 3.8) is 0 Å². The third-order valence-corrected chi connectivity index (χ3v) is 6.80. The Kier molecular flexibility index (Phi) is 9.35. The molecule has 7 nitrogen and oxygen atoms in total. The molecule has 2 aromatic rings. The molecule has 1 aliphatic rings. The molecule has 0 unspecified atom stereocenters. The van der Waals surface area contributed by atoms with Gasteiger partial charge in [0.25, 0.3) is 0 Å². The maximum Gasteiger partial charge on any atom is 0.193 e. The topological polar surface area (TPSA) is 74.2 Å². The van der Waals surface area contributed by atoms with E-state index in [-0.39, 0.29) is 41.2 Å². The van der Waals surface area contributed by atoms with E-state index in [9.17, 15) is 12.8 Å². The van der Waals surface area contributed by atoms with E-state index < -0.39 is 15.7 Å². The summed E-state index contributed by atoms with van der Waals surface area (Å²) in [6, 6.07) is 13.4. The smallest absolute Gasteiger partial charge is 0.193 e. The normalized spacial score (nSPS) is 14.7. The highest BCUT2D eigenvalue weighted by molar-refractivity contribution is 14.0. The van der Waals surface area contributed by atoms with Crippen molar-refractivity contribution >= 4 is 45.5 Å². The van der Waals surface area contributed by atoms with Crippen LogP contribution in [0.15, 0.2) is 58.4 Å². The Morgan fingerprint density at radius 3 is 2.32 bits per heavy atom. The van der Waals surface area contributed by atoms with E-state index in [1.54, 1.807) is 14.2 Å². The molecule has 0 radical (unpaired) electrons. The van der Waals surface area contributed by atoms with Gasteiger partial charge in [0.2, 0.25) is 0 Å². The zero-order chi connectivity index (χ0) is 21.6. The van der Waals surface area contributed by atoms with Gasteiger partial charge in [-0.1, -0.05) is 12.1 Å². The average Bonchev–Trinajstić information content (AvgIpc) is 2.77. The van der Waals surface area contributed by atoms with Crippen LogP contribution in [0.5, 0.6) is 5.75 Å². The van der Waals surface area contributed by atoms with Crippen molar-refractivity contribution in [2.45, 2.75) is 4.90 Å². The van der Waals surface area contributed by atoms with Crippen molar-refractivity contribution in [3.05, 3.63) is 54.3 Å². The van der Waals surface area contributed by atoms with Crippen molar-refractivity contribution in [2.24, 2.45) is 4.99 Å². The number of nitrogens with zero attached hydrogens (tertiary/aromatic N) is 3. The summed E-state index contributed by atoms with van der Waals surface area (Å²) in [5.74, 6) is 0.538. The molecule has 10 heteroatoms. The Morgan fingerprint density at radius 2 is 1.74 bits per heavy atom. The standard InChI is InChI=1S/C21H27FN4O3S.HI/c1-23-21(24-11-16-30(27,28)20-6-4-3-5-19(20)22)26-14-12-25(13-15-26)17-7-9-18(29-2)10-8-17;/h3-10H,11-16H2,1-2H3,(H,23,24);1H. The third-order valence-electron chi connectivity index (χ3n) is 5.05. The van der Waals surface area contributed by atoms with E-state index in [4.69, 9.17) is 4.74 Å². The molecule has 1 saturated heterocycles. The number of methoxy groups -OCH3 is 1. The van der Waals surface area contributed by atoms with Gasteiger partial charge < -0.3 is 19.9 Å². The first-order chi connectivity index (χ1) is 14.4. The van der Waals surface area contributed by atoms with Gasteiger partial charge in [0.05, 0.1) is 12.9 Å². The fourth-order valence-electron chi connectivity index (χ4n) is 3.41. The number of sulfone groups is 1. The molecule has 3 rings (SSSR count). The molecule has 0 bridgehead atoms. The molecule has 1 heterocycles. The van der Waals surface area contributed by atoms with Gasteiger partial charge >= 0.3 is 0 Å². The minimum atomic E-state index is -3.71. The molecule has 0 saturated carbocycles. The Bertz CT molecular complexity index is 978. The highest BCUT2D eigenvalue weighted by Gasteiger charge is 2.22. The first-order valence-electron chi connectivity index (χ1n) is 9.76. The molecular formula is C21H28FIN4O3S. The number of hydrogen-bond acceptors (Lipinski definition) is 5. The fraction of sp³-hybridized carbons (Fsp3) is 0.381. The SMILES string of the molecule is CN=C(NCCS(=O)(=O)c1ccccc1F)N1CCN(c2ccc(OC)cc2)CC1.I. The van der Waals surface area contributed by atoms with E-state index in [0.29, 0.717) is 5.96 Å². The van der Waals surface area contributed by atoms with Gasteiger partial charge in [-0.2, -0.15) is 0 Å². The predicted molar refractivity (Wildman–Crippen MR) is 132 cm³/mol. The molecular weight excluding hydrogens is 534 g/mol. The number of piperazine rings is 1. The van der Waals surface area contributed by atoms with Crippen LogP contribution in [0.25, 0.3) is 0 Å². The molecule has 31 heavy (non-hydrogen) atoms. The number of rotatable bonds is 6. The monoisotopic (exact) mass is 562 g/mol. The van der Waals surface area contributed by atoms with Crippen molar-refractivity contribution in [3.8, 4) is 5.75 Å². The van der Waals surface area contributed by atoms with Crippen molar-refractivity contribution in [1.29, 1.82) is 0 Å². The Labute approximate surface area is 200 Å². The summed E-state index contributed by atoms with van der Waals surface area (Å²) < 4.78 is 43.8. The van der Waals surface area contributed by atoms with Gasteiger partial charge in [0, 0.05) is 45.5 Å². The Morgan fingerprint density at radius 1 is 1.10 bits per heavy atom. The summed E-state index contributed by atoms with van der Waals surface area (Å²) in [5.41, 5.74) is 1.13. The summed E-state index contributed by atoms with van der Waals surface area (Å²) in [6.07, 6.45) is 0. The van der Waals surface area contributed by atoms with Crippen molar-refractivity contribution < 1.29 is 17.5 Å². The number of benzene rings is 2. The number of halogens is 2. The molecule has 0 amide bonds. The lowest BCUT2D eigenvalue weighted by atomic mass is 10.2. The fourth-order valence-corrected chi connectivity index (χ4v) is 4.65. The first-order valence-corrected chi connectivity index (χ1v) is 11.4. The van der Waals surface area contributed by atoms with Gasteiger partial charge in [-0.15, -0.1) is 24.0 Å². The van der Waals surface area contributed by atoms with Gasteiger partial charge in [-0.25, -0.2) is 12.8 Å². The molecule has 1 N–H and O–H groups in total. The minimum absolute atomic E-state index is 0. The maximum atomic E-state index is 13.8. The number of nitrogens with one attached hydrogen (secondary N) is 1. The number of aliphatic imine (C=N–C) groups is 1. The summed E-state index contributed by atoms with van der Waals surface area (Å²) in [7, 11) is -0.389. The zero-order valence-electron chi connectivity index (χ0n) is 17.6. The summed E-state index contributed by atoms with van der Waals surface area (Å²) in [6.45, 7) is 3.31. The molecule has 2 aromatic carbocycles. The van der Waals surface area contributed by atoms with Gasteiger partial charge in [0.15, 0.2) is 15.8 Å².